The van der Waals surface area contributed by atoms with E-state index in [2.05, 4.69) is 60.7 Å². The van der Waals surface area contributed by atoms with Crippen molar-refractivity contribution in [2.45, 2.75) is 124 Å². The topological polar surface area (TPSA) is 26.3 Å². The van der Waals surface area contributed by atoms with Crippen LogP contribution in [0, 0.1) is 0 Å². The molecule has 0 rings (SSSR count). The Kier molecular flexibility index (Phi) is 14.6. The van der Waals surface area contributed by atoms with Crippen molar-refractivity contribution in [2.75, 3.05) is 6.61 Å². The Morgan fingerprint density at radius 1 is 0.893 bits per heavy atom. The van der Waals surface area contributed by atoms with E-state index >= 15 is 0 Å². The summed E-state index contributed by atoms with van der Waals surface area (Å²) in [6.45, 7) is 19.1. The van der Waals surface area contributed by atoms with Gasteiger partial charge in [-0.15, -0.1) is 0 Å². The monoisotopic (exact) mass is 518 g/mol. The van der Waals surface area contributed by atoms with Crippen molar-refractivity contribution >= 4 is 30.5 Å². The Morgan fingerprint density at radius 3 is 1.75 bits per heavy atom. The molecule has 0 saturated heterocycles. The first kappa shape index (κ1) is 28.4. The molecular formula is C24H50O2SiSn. The van der Waals surface area contributed by atoms with Gasteiger partial charge in [0.2, 0.25) is 0 Å². The molecule has 0 N–H and O–H groups in total. The van der Waals surface area contributed by atoms with E-state index in [9.17, 15) is 4.79 Å². The third kappa shape index (κ3) is 10.4. The summed E-state index contributed by atoms with van der Waals surface area (Å²) in [6.07, 6.45) is 13.6. The number of allylic oxidation sites excluding steroid dienone is 2. The molecule has 0 bridgehead atoms. The van der Waals surface area contributed by atoms with Gasteiger partial charge in [-0.2, -0.15) is 0 Å². The number of hydrogen-bond acceptors (Lipinski definition) is 2. The number of rotatable bonds is 16. The summed E-state index contributed by atoms with van der Waals surface area (Å²) >= 11 is -2.72. The van der Waals surface area contributed by atoms with E-state index in [-0.39, 0.29) is 5.04 Å². The Balaban J connectivity index is 4.77. The fraction of sp³-hybridized carbons (Fsp3) is 0.875. The zero-order valence-electron chi connectivity index (χ0n) is 20.5. The molecule has 28 heavy (non-hydrogen) atoms. The van der Waals surface area contributed by atoms with Crippen LogP contribution in [-0.2, 0) is 9.22 Å². The first-order valence-corrected chi connectivity index (χ1v) is 22.3. The van der Waals surface area contributed by atoms with Crippen LogP contribution in [0.15, 0.2) is 12.2 Å². The van der Waals surface area contributed by atoms with Crippen molar-refractivity contribution in [2.24, 2.45) is 0 Å². The second kappa shape index (κ2) is 14.4. The summed E-state index contributed by atoms with van der Waals surface area (Å²) in [5.74, 6) is 0. The summed E-state index contributed by atoms with van der Waals surface area (Å²) < 4.78 is 10.7. The maximum absolute atomic E-state index is 13.3. The molecule has 0 aliphatic carbocycles. The van der Waals surface area contributed by atoms with Gasteiger partial charge in [0.1, 0.15) is 0 Å². The third-order valence-corrected chi connectivity index (χ3v) is 25.8. The molecule has 0 heterocycles. The molecule has 0 aromatic heterocycles. The van der Waals surface area contributed by atoms with Crippen molar-refractivity contribution in [1.82, 2.24) is 0 Å². The zero-order chi connectivity index (χ0) is 21.7. The minimum absolute atomic E-state index is 0.269. The van der Waals surface area contributed by atoms with E-state index in [4.69, 9.17) is 4.43 Å². The van der Waals surface area contributed by atoms with Gasteiger partial charge in [-0.05, 0) is 0 Å². The van der Waals surface area contributed by atoms with Gasteiger partial charge in [0.05, 0.1) is 0 Å². The normalized spacial score (nSPS) is 13.4. The molecule has 0 fully saturated rings. The van der Waals surface area contributed by atoms with Crippen LogP contribution in [0.5, 0.6) is 0 Å². The second-order valence-corrected chi connectivity index (χ2v) is 27.9. The SMILES string of the molecule is CCC[CH2][Sn]([CH2]CCC)([CH2]CCC)[C](=O)/C=C/CCCO[Si](C)(C)C(C)(C)C. The molecule has 0 aromatic rings. The van der Waals surface area contributed by atoms with Crippen molar-refractivity contribution in [3.63, 3.8) is 0 Å². The van der Waals surface area contributed by atoms with Gasteiger partial charge in [0.15, 0.2) is 0 Å². The summed E-state index contributed by atoms with van der Waals surface area (Å²) in [5, 5.41) is 0.269. The fourth-order valence-corrected chi connectivity index (χ4v) is 18.9. The molecule has 166 valence electrons. The van der Waals surface area contributed by atoms with Gasteiger partial charge in [0.25, 0.3) is 0 Å². The van der Waals surface area contributed by atoms with Crippen molar-refractivity contribution in [1.29, 1.82) is 0 Å². The Hall–Kier alpha value is 0.386. The van der Waals surface area contributed by atoms with Crippen LogP contribution in [0.4, 0.5) is 0 Å². The molecule has 0 aromatic carbocycles. The molecule has 0 amide bonds. The summed E-state index contributed by atoms with van der Waals surface area (Å²) in [7, 11) is -1.64. The van der Waals surface area contributed by atoms with Crippen LogP contribution in [0.2, 0.25) is 31.4 Å². The van der Waals surface area contributed by atoms with Gasteiger partial charge in [-0.3, -0.25) is 0 Å². The van der Waals surface area contributed by atoms with Gasteiger partial charge in [-0.1, -0.05) is 0 Å². The van der Waals surface area contributed by atoms with E-state index in [1.54, 1.807) is 0 Å². The first-order chi connectivity index (χ1) is 13.1. The molecular weight excluding hydrogens is 467 g/mol. The zero-order valence-corrected chi connectivity index (χ0v) is 24.3. The minimum atomic E-state index is -2.72. The standard InChI is InChI=1S/C12H23O2Si.3C4H9.Sn/c1-12(2,3)15(4,5)14-11-9-7-6-8-10-13;3*1-3-4-2;/h6,8H,7,9,11H2,1-5H3;3*1,3-4H2,2H3;/b8-6+;;;;. The van der Waals surface area contributed by atoms with Crippen LogP contribution >= 0.6 is 0 Å². The Bertz CT molecular complexity index is 430. The molecule has 0 aliphatic heterocycles. The molecule has 2 nitrogen and oxygen atoms in total. The molecule has 0 aliphatic rings. The van der Waals surface area contributed by atoms with E-state index in [1.807, 2.05) is 6.08 Å². The molecule has 0 saturated carbocycles. The van der Waals surface area contributed by atoms with Gasteiger partial charge in [-0.25, -0.2) is 0 Å². The average Bonchev–Trinajstić information content (AvgIpc) is 2.63. The Morgan fingerprint density at radius 2 is 1.36 bits per heavy atom. The third-order valence-electron chi connectivity index (χ3n) is 6.60. The van der Waals surface area contributed by atoms with Crippen molar-refractivity contribution in [3.05, 3.63) is 12.2 Å². The van der Waals surface area contributed by atoms with Crippen LogP contribution in [-0.4, -0.2) is 37.1 Å². The van der Waals surface area contributed by atoms with Crippen molar-refractivity contribution in [3.8, 4) is 0 Å². The van der Waals surface area contributed by atoms with Gasteiger partial charge < -0.3 is 0 Å². The van der Waals surface area contributed by atoms with E-state index in [1.165, 1.54) is 51.8 Å². The van der Waals surface area contributed by atoms with Gasteiger partial charge in [0, 0.05) is 0 Å². The molecule has 4 heteroatoms. The van der Waals surface area contributed by atoms with E-state index in [0.29, 0.717) is 3.80 Å². The molecule has 0 spiro atoms. The first-order valence-electron chi connectivity index (χ1n) is 11.9. The average molecular weight is 517 g/mol. The maximum atomic E-state index is 13.3. The summed E-state index contributed by atoms with van der Waals surface area (Å²) in [4.78, 5) is 13.3. The Labute approximate surface area is 182 Å². The van der Waals surface area contributed by atoms with E-state index < -0.39 is 26.7 Å². The van der Waals surface area contributed by atoms with Gasteiger partial charge >= 0.3 is 183 Å². The van der Waals surface area contributed by atoms with Crippen LogP contribution in [0.1, 0.15) is 92.9 Å². The number of unbranched alkanes of at least 4 members (excludes halogenated alkanes) is 4. The molecule has 0 unspecified atom stereocenters. The predicted molar refractivity (Wildman–Crippen MR) is 131 cm³/mol. The summed E-state index contributed by atoms with van der Waals surface area (Å²) in [5.41, 5.74) is 0. The fourth-order valence-electron chi connectivity index (χ4n) is 3.40. The quantitative estimate of drug-likeness (QED) is 0.117. The second-order valence-electron chi connectivity index (χ2n) is 10.1. The van der Waals surface area contributed by atoms with E-state index in [0.717, 1.165) is 19.4 Å². The van der Waals surface area contributed by atoms with Crippen LogP contribution in [0.3, 0.4) is 0 Å². The van der Waals surface area contributed by atoms with Crippen LogP contribution < -0.4 is 0 Å². The molecule has 0 radical (unpaired) electrons. The predicted octanol–water partition coefficient (Wildman–Crippen LogP) is 8.30. The van der Waals surface area contributed by atoms with Crippen molar-refractivity contribution < 1.29 is 9.22 Å². The number of carbonyl (C=O) groups excluding carboxylic acids is 1. The van der Waals surface area contributed by atoms with Crippen LogP contribution in [0.25, 0.3) is 0 Å². The number of hydrogen-bond donors (Lipinski definition) is 0. The number of carbonyl (C=O) groups is 1. The molecule has 0 atom stereocenters. The summed E-state index contributed by atoms with van der Waals surface area (Å²) in [6, 6.07) is 0.